The Kier molecular flexibility index (Phi) is 5.46. The normalized spacial score (nSPS) is 11.2. The van der Waals surface area contributed by atoms with Crippen LogP contribution in [0.4, 0.5) is 11.5 Å². The molecule has 0 bridgehead atoms. The number of phenols is 1. The molecule has 2 aromatic heterocycles. The maximum absolute atomic E-state index is 10.9. The number of nitro groups is 1. The van der Waals surface area contributed by atoms with Crippen LogP contribution in [0.3, 0.4) is 0 Å². The van der Waals surface area contributed by atoms with E-state index in [0.717, 1.165) is 26.2 Å². The number of nitrogens with one attached hydrogen (secondary N) is 1. The van der Waals surface area contributed by atoms with Gasteiger partial charge in [-0.05, 0) is 53.9 Å². The number of benzene rings is 2. The fraction of sp³-hybridized carbons (Fsp3) is 0.0952. The van der Waals surface area contributed by atoms with Gasteiger partial charge in [-0.15, -0.1) is 11.3 Å². The number of thiophene rings is 1. The van der Waals surface area contributed by atoms with Crippen LogP contribution < -0.4 is 10.2 Å². The van der Waals surface area contributed by atoms with Crippen molar-refractivity contribution in [3.63, 3.8) is 0 Å². The van der Waals surface area contributed by atoms with Crippen molar-refractivity contribution < 1.29 is 14.8 Å². The lowest BCUT2D eigenvalue weighted by atomic mass is 10.1. The van der Waals surface area contributed by atoms with E-state index in [-0.39, 0.29) is 11.4 Å². The van der Waals surface area contributed by atoms with Crippen molar-refractivity contribution in [2.24, 2.45) is 5.10 Å². The number of nitrogens with zero attached hydrogens (tertiary/aromatic N) is 4. The van der Waals surface area contributed by atoms with Gasteiger partial charge < -0.3 is 9.84 Å². The lowest BCUT2D eigenvalue weighted by Crippen LogP contribution is -1.95. The predicted molar refractivity (Wildman–Crippen MR) is 120 cm³/mol. The molecule has 0 saturated heterocycles. The molecule has 0 radical (unpaired) electrons. The molecule has 0 aliphatic carbocycles. The number of nitro benzene ring substituents is 1. The molecule has 10 heteroatoms. The fourth-order valence-corrected chi connectivity index (χ4v) is 4.27. The first kappa shape index (κ1) is 20.2. The van der Waals surface area contributed by atoms with Gasteiger partial charge in [-0.2, -0.15) is 5.10 Å². The van der Waals surface area contributed by atoms with Crippen LogP contribution in [0, 0.1) is 17.0 Å². The molecule has 0 fully saturated rings. The Bertz CT molecular complexity index is 1300. The molecule has 2 N–H and O–H groups in total. The van der Waals surface area contributed by atoms with Gasteiger partial charge in [-0.25, -0.2) is 9.97 Å². The van der Waals surface area contributed by atoms with Crippen molar-refractivity contribution in [3.05, 3.63) is 70.0 Å². The lowest BCUT2D eigenvalue weighted by Gasteiger charge is -2.03. The summed E-state index contributed by atoms with van der Waals surface area (Å²) in [4.78, 5) is 20.1. The Labute approximate surface area is 180 Å². The molecule has 0 aliphatic rings. The number of phenolic OH excluding ortho intramolecular Hbond substituents is 1. The lowest BCUT2D eigenvalue weighted by molar-refractivity contribution is -0.384. The van der Waals surface area contributed by atoms with Gasteiger partial charge in [0.2, 0.25) is 0 Å². The topological polar surface area (TPSA) is 123 Å². The number of ether oxygens (including phenoxy) is 1. The minimum atomic E-state index is -0.421. The molecular weight excluding hydrogens is 418 g/mol. The largest absolute Gasteiger partial charge is 0.504 e. The first-order valence-electron chi connectivity index (χ1n) is 9.13. The third-order valence-corrected chi connectivity index (χ3v) is 5.97. The van der Waals surface area contributed by atoms with Crippen molar-refractivity contribution in [1.82, 2.24) is 9.97 Å². The number of fused-ring (bicyclic) bond motifs is 1. The third kappa shape index (κ3) is 4.01. The number of aromatic nitrogens is 2. The monoisotopic (exact) mass is 435 g/mol. The summed E-state index contributed by atoms with van der Waals surface area (Å²) in [5.74, 6) is 0.952. The first-order valence-corrected chi connectivity index (χ1v) is 9.94. The molecule has 9 nitrogen and oxygen atoms in total. The van der Waals surface area contributed by atoms with Crippen LogP contribution in [0.25, 0.3) is 20.7 Å². The summed E-state index contributed by atoms with van der Waals surface area (Å²) in [7, 11) is 1.48. The molecule has 2 heterocycles. The summed E-state index contributed by atoms with van der Waals surface area (Å²) in [6.07, 6.45) is 3.02. The molecule has 0 saturated carbocycles. The number of aromatic hydroxyl groups is 1. The van der Waals surface area contributed by atoms with E-state index in [0.29, 0.717) is 17.1 Å². The minimum Gasteiger partial charge on any atom is -0.504 e. The standard InChI is InChI=1S/C21H17N5O4S/c1-12-18-20(31-19(12)14-4-6-15(7-5-14)26(28)29)21(23-11-22-18)25-24-10-13-3-8-17(30-2)16(27)9-13/h3-11,27H,1-2H3,(H,22,23,25). The van der Waals surface area contributed by atoms with Gasteiger partial charge in [0.15, 0.2) is 17.3 Å². The molecule has 31 heavy (non-hydrogen) atoms. The quantitative estimate of drug-likeness (QED) is 0.255. The van der Waals surface area contributed by atoms with E-state index >= 15 is 0 Å². The zero-order chi connectivity index (χ0) is 22.0. The summed E-state index contributed by atoms with van der Waals surface area (Å²) in [5, 5.41) is 25.0. The minimum absolute atomic E-state index is 0.0255. The third-order valence-electron chi connectivity index (χ3n) is 4.63. The molecule has 0 spiro atoms. The van der Waals surface area contributed by atoms with Gasteiger partial charge in [0.1, 0.15) is 6.33 Å². The molecular formula is C21H17N5O4S. The van der Waals surface area contributed by atoms with E-state index < -0.39 is 4.92 Å². The van der Waals surface area contributed by atoms with E-state index in [1.54, 1.807) is 36.5 Å². The Morgan fingerprint density at radius 3 is 2.68 bits per heavy atom. The van der Waals surface area contributed by atoms with Crippen molar-refractivity contribution in [3.8, 4) is 21.9 Å². The number of non-ortho nitro benzene ring substituents is 1. The molecule has 0 unspecified atom stereocenters. The Morgan fingerprint density at radius 2 is 2.00 bits per heavy atom. The molecule has 0 amide bonds. The number of hydrogen-bond acceptors (Lipinski definition) is 9. The van der Waals surface area contributed by atoms with E-state index in [2.05, 4.69) is 20.5 Å². The zero-order valence-electron chi connectivity index (χ0n) is 16.6. The van der Waals surface area contributed by atoms with Crippen molar-refractivity contribution in [2.45, 2.75) is 6.92 Å². The molecule has 156 valence electrons. The second kappa shape index (κ2) is 8.36. The number of aryl methyl sites for hydroxylation is 1. The maximum Gasteiger partial charge on any atom is 0.269 e. The molecule has 0 atom stereocenters. The van der Waals surface area contributed by atoms with E-state index in [1.807, 2.05) is 6.92 Å². The summed E-state index contributed by atoms with van der Waals surface area (Å²) >= 11 is 1.48. The summed E-state index contributed by atoms with van der Waals surface area (Å²) < 4.78 is 5.85. The molecule has 2 aromatic carbocycles. The number of anilines is 1. The van der Waals surface area contributed by atoms with Gasteiger partial charge in [0.05, 0.1) is 28.5 Å². The summed E-state index contributed by atoms with van der Waals surface area (Å²) in [6, 6.07) is 11.4. The average molecular weight is 435 g/mol. The van der Waals surface area contributed by atoms with Crippen LogP contribution in [0.15, 0.2) is 53.9 Å². The highest BCUT2D eigenvalue weighted by molar-refractivity contribution is 7.23. The van der Waals surface area contributed by atoms with E-state index in [9.17, 15) is 15.2 Å². The highest BCUT2D eigenvalue weighted by Crippen LogP contribution is 2.40. The van der Waals surface area contributed by atoms with Crippen molar-refractivity contribution in [1.29, 1.82) is 0 Å². The SMILES string of the molecule is COc1ccc(C=NNc2ncnc3c(C)c(-c4ccc([N+](=O)[O-])cc4)sc23)cc1O. The summed E-state index contributed by atoms with van der Waals surface area (Å²) in [6.45, 7) is 1.95. The van der Waals surface area contributed by atoms with Gasteiger partial charge in [0.25, 0.3) is 5.69 Å². The second-order valence-electron chi connectivity index (χ2n) is 6.56. The van der Waals surface area contributed by atoms with Crippen LogP contribution in [0.5, 0.6) is 11.5 Å². The smallest absolute Gasteiger partial charge is 0.269 e. The van der Waals surface area contributed by atoms with Crippen LogP contribution in [-0.2, 0) is 0 Å². The zero-order valence-corrected chi connectivity index (χ0v) is 17.4. The predicted octanol–water partition coefficient (Wildman–Crippen LogP) is 4.74. The second-order valence-corrected chi connectivity index (χ2v) is 7.58. The Hall–Kier alpha value is -4.05. The maximum atomic E-state index is 10.9. The van der Waals surface area contributed by atoms with Gasteiger partial charge in [-0.1, -0.05) is 0 Å². The highest BCUT2D eigenvalue weighted by Gasteiger charge is 2.16. The van der Waals surface area contributed by atoms with Gasteiger partial charge in [0, 0.05) is 17.0 Å². The van der Waals surface area contributed by atoms with Crippen molar-refractivity contribution in [2.75, 3.05) is 12.5 Å². The summed E-state index contributed by atoms with van der Waals surface area (Å²) in [5.41, 5.74) is 6.27. The van der Waals surface area contributed by atoms with E-state index in [4.69, 9.17) is 4.74 Å². The number of hydrazone groups is 1. The average Bonchev–Trinajstić information content (AvgIpc) is 3.11. The van der Waals surface area contributed by atoms with Crippen molar-refractivity contribution >= 4 is 39.3 Å². The van der Waals surface area contributed by atoms with Crippen LogP contribution in [0.1, 0.15) is 11.1 Å². The van der Waals surface area contributed by atoms with Gasteiger partial charge in [-0.3, -0.25) is 15.5 Å². The van der Waals surface area contributed by atoms with Crippen LogP contribution >= 0.6 is 11.3 Å². The molecule has 4 aromatic rings. The Morgan fingerprint density at radius 1 is 1.23 bits per heavy atom. The number of rotatable bonds is 6. The number of hydrogen-bond donors (Lipinski definition) is 2. The molecule has 0 aliphatic heterocycles. The van der Waals surface area contributed by atoms with Gasteiger partial charge >= 0.3 is 0 Å². The molecule has 4 rings (SSSR count). The van der Waals surface area contributed by atoms with Crippen LogP contribution in [-0.4, -0.2) is 33.3 Å². The Balaban J connectivity index is 1.63. The number of methoxy groups -OCH3 is 1. The first-order chi connectivity index (χ1) is 15.0. The van der Waals surface area contributed by atoms with E-state index in [1.165, 1.54) is 36.9 Å². The van der Waals surface area contributed by atoms with Crippen LogP contribution in [0.2, 0.25) is 0 Å². The highest BCUT2D eigenvalue weighted by atomic mass is 32.1. The fourth-order valence-electron chi connectivity index (χ4n) is 3.07.